The highest BCUT2D eigenvalue weighted by Gasteiger charge is 2.31. The third-order valence-electron chi connectivity index (χ3n) is 2.23. The topological polar surface area (TPSA) is 95.2 Å². The summed E-state index contributed by atoms with van der Waals surface area (Å²) in [4.78, 5) is 10.1. The quantitative estimate of drug-likeness (QED) is 0.397. The van der Waals surface area contributed by atoms with Crippen molar-refractivity contribution in [2.24, 2.45) is 11.5 Å². The number of nitrogens with zero attached hydrogens (tertiary/aromatic N) is 1. The molecule has 1 aliphatic rings. The third kappa shape index (κ3) is 1.87. The molecule has 0 amide bonds. The molecule has 0 saturated heterocycles. The number of hydrogen-bond acceptors (Lipinski definition) is 4. The van der Waals surface area contributed by atoms with Crippen LogP contribution >= 0.6 is 0 Å². The van der Waals surface area contributed by atoms with Gasteiger partial charge in [-0.25, -0.2) is 0 Å². The van der Waals surface area contributed by atoms with Crippen molar-refractivity contribution in [1.29, 1.82) is 0 Å². The second kappa shape index (κ2) is 3.15. The lowest BCUT2D eigenvalue weighted by Crippen LogP contribution is -2.48. The van der Waals surface area contributed by atoms with Crippen LogP contribution in [0.3, 0.4) is 0 Å². The Morgan fingerprint density at radius 3 is 2.36 bits per heavy atom. The summed E-state index contributed by atoms with van der Waals surface area (Å²) in [5, 5.41) is 10.3. The van der Waals surface area contributed by atoms with Gasteiger partial charge in [-0.1, -0.05) is 0 Å². The molecular weight excluding hydrogens is 146 g/mol. The van der Waals surface area contributed by atoms with Gasteiger partial charge in [0, 0.05) is 29.8 Å². The largest absolute Gasteiger partial charge is 0.326 e. The van der Waals surface area contributed by atoms with E-state index in [2.05, 4.69) is 0 Å². The van der Waals surface area contributed by atoms with Gasteiger partial charge in [-0.05, 0) is 6.42 Å². The molecule has 11 heavy (non-hydrogen) atoms. The maximum atomic E-state index is 10.3. The fourth-order valence-electron chi connectivity index (χ4n) is 1.40. The van der Waals surface area contributed by atoms with Gasteiger partial charge in [0.2, 0.25) is 6.04 Å². The Kier molecular flexibility index (Phi) is 2.41. The van der Waals surface area contributed by atoms with Gasteiger partial charge >= 0.3 is 0 Å². The molecule has 3 unspecified atom stereocenters. The zero-order valence-corrected chi connectivity index (χ0v) is 6.27. The zero-order valence-electron chi connectivity index (χ0n) is 6.27. The minimum atomic E-state index is -0.468. The van der Waals surface area contributed by atoms with E-state index in [9.17, 15) is 10.1 Å². The number of rotatable bonds is 1. The molecule has 0 bridgehead atoms. The Balaban J connectivity index is 2.46. The van der Waals surface area contributed by atoms with Gasteiger partial charge in [0.25, 0.3) is 0 Å². The van der Waals surface area contributed by atoms with E-state index in [1.54, 1.807) is 0 Å². The first-order valence-corrected chi connectivity index (χ1v) is 3.76. The summed E-state index contributed by atoms with van der Waals surface area (Å²) in [5.74, 6) is 0. The molecule has 0 aromatic heterocycles. The van der Waals surface area contributed by atoms with Gasteiger partial charge in [-0.15, -0.1) is 0 Å². The van der Waals surface area contributed by atoms with Crippen LogP contribution in [0.4, 0.5) is 0 Å². The van der Waals surface area contributed by atoms with E-state index in [0.717, 1.165) is 0 Å². The average Bonchev–Trinajstić information content (AvgIpc) is 1.94. The summed E-state index contributed by atoms with van der Waals surface area (Å²) < 4.78 is 0. The van der Waals surface area contributed by atoms with Gasteiger partial charge in [0.15, 0.2) is 0 Å². The Morgan fingerprint density at radius 2 is 1.91 bits per heavy atom. The van der Waals surface area contributed by atoms with E-state index in [4.69, 9.17) is 11.5 Å². The van der Waals surface area contributed by atoms with E-state index in [1.807, 2.05) is 0 Å². The number of hydrogen-bond donors (Lipinski definition) is 2. The van der Waals surface area contributed by atoms with Gasteiger partial charge in [0.05, 0.1) is 0 Å². The van der Waals surface area contributed by atoms with Crippen molar-refractivity contribution in [2.45, 2.75) is 37.4 Å². The van der Waals surface area contributed by atoms with Crippen LogP contribution < -0.4 is 11.5 Å². The molecule has 5 nitrogen and oxygen atoms in total. The molecule has 0 aromatic rings. The van der Waals surface area contributed by atoms with Crippen molar-refractivity contribution in [1.82, 2.24) is 0 Å². The summed E-state index contributed by atoms with van der Waals surface area (Å²) in [7, 11) is 0. The Labute approximate surface area is 64.9 Å². The minimum Gasteiger partial charge on any atom is -0.326 e. The van der Waals surface area contributed by atoms with Crippen molar-refractivity contribution >= 4 is 0 Å². The van der Waals surface area contributed by atoms with Crippen LogP contribution in [0.2, 0.25) is 0 Å². The molecule has 0 spiro atoms. The lowest BCUT2D eigenvalue weighted by Gasteiger charge is -2.26. The van der Waals surface area contributed by atoms with Crippen LogP contribution in [0.25, 0.3) is 0 Å². The highest BCUT2D eigenvalue weighted by atomic mass is 16.6. The number of nitrogens with two attached hydrogens (primary N) is 2. The van der Waals surface area contributed by atoms with E-state index in [1.165, 1.54) is 0 Å². The van der Waals surface area contributed by atoms with Crippen molar-refractivity contribution in [2.75, 3.05) is 0 Å². The first-order valence-electron chi connectivity index (χ1n) is 3.76. The van der Waals surface area contributed by atoms with Gasteiger partial charge in [-0.3, -0.25) is 10.1 Å². The van der Waals surface area contributed by atoms with E-state index in [-0.39, 0.29) is 17.0 Å². The summed E-state index contributed by atoms with van der Waals surface area (Å²) >= 11 is 0. The van der Waals surface area contributed by atoms with Crippen LogP contribution in [0.5, 0.6) is 0 Å². The summed E-state index contributed by atoms with van der Waals surface area (Å²) in [6.07, 6.45) is 1.67. The van der Waals surface area contributed by atoms with Gasteiger partial charge < -0.3 is 11.5 Å². The lowest BCUT2D eigenvalue weighted by molar-refractivity contribution is -0.526. The second-order valence-electron chi connectivity index (χ2n) is 3.08. The Bertz CT molecular complexity index is 162. The molecule has 0 aromatic carbocycles. The molecule has 1 saturated carbocycles. The standard InChI is InChI=1S/C6H13N3O2/c7-5-2-1-4(9(10)11)3-6(5)8/h4-6H,1-3,7-8H2. The molecular formula is C6H13N3O2. The first-order chi connectivity index (χ1) is 5.11. The van der Waals surface area contributed by atoms with Crippen molar-refractivity contribution in [3.63, 3.8) is 0 Å². The monoisotopic (exact) mass is 159 g/mol. The Morgan fingerprint density at radius 1 is 1.27 bits per heavy atom. The number of nitro groups is 1. The van der Waals surface area contributed by atoms with Gasteiger partial charge in [0.1, 0.15) is 0 Å². The SMILES string of the molecule is NC1CCC([N+](=O)[O-])CC1N. The van der Waals surface area contributed by atoms with Crippen molar-refractivity contribution < 1.29 is 4.92 Å². The minimum absolute atomic E-state index is 0.0498. The molecule has 4 N–H and O–H groups in total. The van der Waals surface area contributed by atoms with Crippen LogP contribution in [0, 0.1) is 10.1 Å². The van der Waals surface area contributed by atoms with Crippen LogP contribution in [-0.4, -0.2) is 23.0 Å². The van der Waals surface area contributed by atoms with Crippen LogP contribution in [0.1, 0.15) is 19.3 Å². The molecule has 0 aliphatic heterocycles. The molecule has 0 radical (unpaired) electrons. The average molecular weight is 159 g/mol. The fraction of sp³-hybridized carbons (Fsp3) is 1.00. The van der Waals surface area contributed by atoms with Crippen molar-refractivity contribution in [3.8, 4) is 0 Å². The molecule has 1 fully saturated rings. The maximum absolute atomic E-state index is 10.3. The van der Waals surface area contributed by atoms with Gasteiger partial charge in [-0.2, -0.15) is 0 Å². The third-order valence-corrected chi connectivity index (χ3v) is 2.23. The van der Waals surface area contributed by atoms with E-state index < -0.39 is 6.04 Å². The lowest BCUT2D eigenvalue weighted by atomic mass is 9.88. The zero-order chi connectivity index (χ0) is 8.43. The van der Waals surface area contributed by atoms with Crippen molar-refractivity contribution in [3.05, 3.63) is 10.1 Å². The van der Waals surface area contributed by atoms with Crippen LogP contribution in [0.15, 0.2) is 0 Å². The van der Waals surface area contributed by atoms with Crippen LogP contribution in [-0.2, 0) is 0 Å². The summed E-state index contributed by atoms with van der Waals surface area (Å²) in [5.41, 5.74) is 11.2. The maximum Gasteiger partial charge on any atom is 0.214 e. The smallest absolute Gasteiger partial charge is 0.214 e. The highest BCUT2D eigenvalue weighted by molar-refractivity contribution is 4.84. The molecule has 0 heterocycles. The molecule has 64 valence electrons. The summed E-state index contributed by atoms with van der Waals surface area (Å²) in [6, 6.07) is -0.713. The molecule has 1 aliphatic carbocycles. The highest BCUT2D eigenvalue weighted by Crippen LogP contribution is 2.18. The summed E-state index contributed by atoms with van der Waals surface area (Å²) in [6.45, 7) is 0. The molecule has 5 heteroatoms. The predicted molar refractivity (Wildman–Crippen MR) is 40.6 cm³/mol. The molecule has 3 atom stereocenters. The van der Waals surface area contributed by atoms with E-state index in [0.29, 0.717) is 19.3 Å². The second-order valence-corrected chi connectivity index (χ2v) is 3.08. The predicted octanol–water partition coefficient (Wildman–Crippen LogP) is -0.530. The molecule has 1 rings (SSSR count). The fourth-order valence-corrected chi connectivity index (χ4v) is 1.40. The first kappa shape index (κ1) is 8.42. The Hall–Kier alpha value is -0.680. The normalized spacial score (nSPS) is 38.5. The van der Waals surface area contributed by atoms with E-state index >= 15 is 0 Å².